The van der Waals surface area contributed by atoms with Gasteiger partial charge in [0.25, 0.3) is 0 Å². The zero-order valence-corrected chi connectivity index (χ0v) is 3.83. The van der Waals surface area contributed by atoms with E-state index in [0.29, 0.717) is 6.90 Å². The van der Waals surface area contributed by atoms with Gasteiger partial charge in [-0.25, -0.2) is 0 Å². The number of hydrogen-bond acceptors (Lipinski definition) is 0. The fourth-order valence-corrected chi connectivity index (χ4v) is 0.250. The van der Waals surface area contributed by atoms with E-state index >= 15 is 0 Å². The van der Waals surface area contributed by atoms with Crippen molar-refractivity contribution in [1.29, 1.82) is 0 Å². The lowest BCUT2D eigenvalue weighted by Gasteiger charge is -1.79. The van der Waals surface area contributed by atoms with Crippen molar-refractivity contribution < 1.29 is 1.37 Å². The quantitative estimate of drug-likeness (QED) is 0.444. The highest BCUT2D eigenvalue weighted by molar-refractivity contribution is 4.24. The third-order valence-electron chi connectivity index (χ3n) is 0.604. The van der Waals surface area contributed by atoms with E-state index in [9.17, 15) is 0 Å². The molecule has 0 radical (unpaired) electrons. The summed E-state index contributed by atoms with van der Waals surface area (Å²) in [5.74, 6) is 0. The van der Waals surface area contributed by atoms with E-state index < -0.39 is 0 Å². The van der Waals surface area contributed by atoms with Crippen molar-refractivity contribution in [3.05, 3.63) is 0 Å². The van der Waals surface area contributed by atoms with Crippen molar-refractivity contribution in [2.45, 2.75) is 77.6 Å². The first-order valence-corrected chi connectivity index (χ1v) is 2.21. The lowest BCUT2D eigenvalue weighted by Crippen LogP contribution is -1.59. The molecule has 0 bridgehead atoms. The lowest BCUT2D eigenvalue weighted by molar-refractivity contribution is 0.772. The van der Waals surface area contributed by atoms with Gasteiger partial charge in [0.05, 0.1) is 0 Å². The predicted molar refractivity (Wildman–Crippen MR) is 65.6 cm³/mol. The minimum atomic E-state index is 0. The molecule has 0 aromatic rings. The van der Waals surface area contributed by atoms with Gasteiger partial charge in [0.15, 0.2) is 0 Å². The topological polar surface area (TPSA) is 0 Å². The second kappa shape index (κ2) is 90.0. The van der Waals surface area contributed by atoms with E-state index in [-0.39, 0.29) is 44.6 Å². The summed E-state index contributed by atoms with van der Waals surface area (Å²) < 4.78 is 6.71. The summed E-state index contributed by atoms with van der Waals surface area (Å²) in [5, 5.41) is 0. The van der Waals surface area contributed by atoms with E-state index in [4.69, 9.17) is 1.37 Å². The molecule has 0 aliphatic heterocycles. The minimum absolute atomic E-state index is 0. The van der Waals surface area contributed by atoms with Crippen LogP contribution in [0.3, 0.4) is 0 Å². The van der Waals surface area contributed by atoms with Crippen LogP contribution in [0, 0.1) is 0 Å². The standard InChI is InChI=1S/C5H12.6CH4/c1-3-5-4-2;;;;;;/h3-5H2,1-2H3;6*1H4/i1D;;;;;;. The van der Waals surface area contributed by atoms with Gasteiger partial charge in [-0.1, -0.05) is 77.6 Å². The Hall–Kier alpha value is 0. The van der Waals surface area contributed by atoms with Gasteiger partial charge in [0, 0.05) is 1.37 Å². The normalized spacial score (nSPS) is 5.00. The second-order valence-corrected chi connectivity index (χ2v) is 1.21. The Labute approximate surface area is 79.8 Å². The fraction of sp³-hybridized carbons (Fsp3) is 1.00. The van der Waals surface area contributed by atoms with Gasteiger partial charge in [-0.2, -0.15) is 0 Å². The second-order valence-electron chi connectivity index (χ2n) is 1.21. The van der Waals surface area contributed by atoms with Crippen LogP contribution < -0.4 is 0 Å². The Kier molecular flexibility index (Phi) is 360. The predicted octanol–water partition coefficient (Wildman–Crippen LogP) is 6.01. The molecule has 0 fully saturated rings. The molecular formula is C11H36. The van der Waals surface area contributed by atoms with Crippen molar-refractivity contribution >= 4 is 0 Å². The molecule has 0 atom stereocenters. The van der Waals surface area contributed by atoms with Gasteiger partial charge in [0.2, 0.25) is 0 Å². The number of unbranched alkanes of at least 4 members (excludes halogenated alkanes) is 2. The molecule has 0 amide bonds. The molecule has 0 unspecified atom stereocenters. The number of hydrogen-bond donors (Lipinski definition) is 0. The summed E-state index contributed by atoms with van der Waals surface area (Å²) >= 11 is 0. The lowest BCUT2D eigenvalue weighted by atomic mass is 10.3. The monoisotopic (exact) mass is 169 g/mol. The molecule has 0 aliphatic carbocycles. The maximum atomic E-state index is 6.71. The summed E-state index contributed by atoms with van der Waals surface area (Å²) in [6.45, 7) is 2.75. The average Bonchev–Trinajstić information content (AvgIpc) is 1.61. The van der Waals surface area contributed by atoms with E-state index in [2.05, 4.69) is 6.92 Å². The van der Waals surface area contributed by atoms with Crippen LogP contribution in [0.1, 0.15) is 79.0 Å². The van der Waals surface area contributed by atoms with E-state index in [0.717, 1.165) is 6.42 Å². The van der Waals surface area contributed by atoms with Crippen molar-refractivity contribution in [2.75, 3.05) is 0 Å². The van der Waals surface area contributed by atoms with Gasteiger partial charge in [-0.3, -0.25) is 0 Å². The maximum Gasteiger partial charge on any atom is 0.0230 e. The first-order chi connectivity index (χ1) is 2.91. The minimum Gasteiger partial charge on any atom is -0.0776 e. The molecule has 80 valence electrons. The summed E-state index contributed by atoms with van der Waals surface area (Å²) in [6, 6.07) is 0. The molecule has 11 heavy (non-hydrogen) atoms. The Morgan fingerprint density at radius 2 is 1.18 bits per heavy atom. The van der Waals surface area contributed by atoms with Gasteiger partial charge in [-0.05, 0) is 0 Å². The van der Waals surface area contributed by atoms with Crippen molar-refractivity contribution in [2.24, 2.45) is 0 Å². The van der Waals surface area contributed by atoms with Crippen LogP contribution in [0.2, 0.25) is 0 Å². The van der Waals surface area contributed by atoms with Crippen molar-refractivity contribution in [3.63, 3.8) is 0 Å². The molecule has 0 saturated carbocycles. The van der Waals surface area contributed by atoms with Crippen LogP contribution in [-0.2, 0) is 0 Å². The molecule has 0 saturated heterocycles. The maximum absolute atomic E-state index is 6.71. The third kappa shape index (κ3) is 160. The molecule has 0 rings (SSSR count). The highest BCUT2D eigenvalue weighted by Gasteiger charge is 1.68. The molecule has 0 aromatic heterocycles. The Bertz CT molecular complexity index is 17.0. The van der Waals surface area contributed by atoms with Crippen molar-refractivity contribution in [3.8, 4) is 0 Å². The van der Waals surface area contributed by atoms with Crippen LogP contribution in [0.5, 0.6) is 0 Å². The van der Waals surface area contributed by atoms with Gasteiger partial charge in [-0.15, -0.1) is 0 Å². The highest BCUT2D eigenvalue weighted by atomic mass is 13.7. The highest BCUT2D eigenvalue weighted by Crippen LogP contribution is 1.88. The zero-order valence-electron chi connectivity index (χ0n) is 4.83. The third-order valence-corrected chi connectivity index (χ3v) is 0.604. The first kappa shape index (κ1) is 44.0. The molecular weight excluding hydrogens is 132 g/mol. The SMILES string of the molecule is C.C.C.C.C.C.[2H]CCCCC. The molecule has 0 heteroatoms. The van der Waals surface area contributed by atoms with Crippen LogP contribution in [-0.4, -0.2) is 0 Å². The average molecular weight is 169 g/mol. The van der Waals surface area contributed by atoms with Crippen LogP contribution in [0.25, 0.3) is 0 Å². The van der Waals surface area contributed by atoms with Crippen molar-refractivity contribution in [1.82, 2.24) is 0 Å². The molecule has 0 nitrogen and oxygen atoms in total. The summed E-state index contributed by atoms with van der Waals surface area (Å²) in [5.41, 5.74) is 0. The summed E-state index contributed by atoms with van der Waals surface area (Å²) in [6.07, 6.45) is 3.54. The zero-order chi connectivity index (χ0) is 4.83. The van der Waals surface area contributed by atoms with Crippen LogP contribution in [0.15, 0.2) is 0 Å². The van der Waals surface area contributed by atoms with Crippen LogP contribution in [0.4, 0.5) is 0 Å². The Morgan fingerprint density at radius 3 is 1.27 bits per heavy atom. The number of rotatable bonds is 2. The molecule has 0 heterocycles. The molecule has 0 aromatic carbocycles. The molecule has 0 spiro atoms. The van der Waals surface area contributed by atoms with Gasteiger partial charge >= 0.3 is 0 Å². The van der Waals surface area contributed by atoms with E-state index in [1.54, 1.807) is 0 Å². The largest absolute Gasteiger partial charge is 0.0776 e. The smallest absolute Gasteiger partial charge is 0.0230 e. The van der Waals surface area contributed by atoms with E-state index in [1.807, 2.05) is 0 Å². The molecule has 0 N–H and O–H groups in total. The summed E-state index contributed by atoms with van der Waals surface area (Å²) in [7, 11) is 0. The Balaban J connectivity index is -0.00000000833. The Morgan fingerprint density at radius 1 is 0.818 bits per heavy atom. The van der Waals surface area contributed by atoms with Gasteiger partial charge in [0.1, 0.15) is 0 Å². The summed E-state index contributed by atoms with van der Waals surface area (Å²) in [4.78, 5) is 0. The van der Waals surface area contributed by atoms with Crippen LogP contribution >= 0.6 is 0 Å². The van der Waals surface area contributed by atoms with E-state index in [1.165, 1.54) is 12.8 Å². The fourth-order valence-electron chi connectivity index (χ4n) is 0.250. The first-order valence-electron chi connectivity index (χ1n) is 2.91. The van der Waals surface area contributed by atoms with Gasteiger partial charge < -0.3 is 0 Å². The molecule has 0 aliphatic rings.